The van der Waals surface area contributed by atoms with Crippen LogP contribution in [-0.2, 0) is 4.79 Å². The fourth-order valence-electron chi connectivity index (χ4n) is 5.22. The molecule has 1 aromatic heterocycles. The number of nitrogens with zero attached hydrogens (tertiary/aromatic N) is 3. The second kappa shape index (κ2) is 11.1. The highest BCUT2D eigenvalue weighted by atomic mass is 35.5. The third-order valence-corrected chi connectivity index (χ3v) is 7.81. The number of ether oxygens (including phenoxy) is 1. The number of pyridine rings is 1. The van der Waals surface area contributed by atoms with Gasteiger partial charge in [-0.1, -0.05) is 23.2 Å². The van der Waals surface area contributed by atoms with Crippen molar-refractivity contribution in [1.29, 1.82) is 0 Å². The summed E-state index contributed by atoms with van der Waals surface area (Å²) in [6, 6.07) is 15.1. The van der Waals surface area contributed by atoms with Crippen molar-refractivity contribution in [3.05, 3.63) is 88.0 Å². The van der Waals surface area contributed by atoms with Gasteiger partial charge in [0.25, 0.3) is 5.91 Å². The van der Waals surface area contributed by atoms with E-state index in [-0.39, 0.29) is 23.1 Å². The number of carbonyl (C=O) groups is 2. The highest BCUT2D eigenvalue weighted by Gasteiger charge is 2.45. The number of halogens is 2. The van der Waals surface area contributed by atoms with Crippen LogP contribution in [0.5, 0.6) is 17.4 Å². The van der Waals surface area contributed by atoms with Gasteiger partial charge in [-0.15, -0.1) is 0 Å². The Kier molecular flexibility index (Phi) is 7.58. The van der Waals surface area contributed by atoms with E-state index in [9.17, 15) is 14.7 Å². The normalized spacial score (nSPS) is 16.8. The van der Waals surface area contributed by atoms with Gasteiger partial charge < -0.3 is 19.6 Å². The number of likely N-dealkylation sites (tertiary alicyclic amines) is 2. The molecule has 1 N–H and O–H groups in total. The van der Waals surface area contributed by atoms with E-state index in [4.69, 9.17) is 27.9 Å². The van der Waals surface area contributed by atoms with Crippen molar-refractivity contribution < 1.29 is 19.4 Å². The molecule has 3 aromatic rings. The Morgan fingerprint density at radius 1 is 0.974 bits per heavy atom. The maximum atomic E-state index is 13.2. The van der Waals surface area contributed by atoms with E-state index < -0.39 is 0 Å². The summed E-state index contributed by atoms with van der Waals surface area (Å²) in [7, 11) is 0. The van der Waals surface area contributed by atoms with Gasteiger partial charge in [0.2, 0.25) is 11.8 Å². The summed E-state index contributed by atoms with van der Waals surface area (Å²) in [4.78, 5) is 34.2. The molecule has 0 aliphatic carbocycles. The van der Waals surface area contributed by atoms with Gasteiger partial charge in [0, 0.05) is 49.1 Å². The first-order valence-corrected chi connectivity index (χ1v) is 13.3. The van der Waals surface area contributed by atoms with E-state index in [0.29, 0.717) is 52.4 Å². The smallest absolute Gasteiger partial charge is 0.253 e. The Balaban J connectivity index is 1.19. The third kappa shape index (κ3) is 5.64. The molecule has 3 heterocycles. The van der Waals surface area contributed by atoms with Crippen molar-refractivity contribution >= 4 is 41.1 Å². The molecule has 0 radical (unpaired) electrons. The lowest BCUT2D eigenvalue weighted by Gasteiger charge is -2.44. The van der Waals surface area contributed by atoms with Crippen molar-refractivity contribution in [2.75, 3.05) is 19.6 Å². The molecule has 38 heavy (non-hydrogen) atoms. The number of rotatable bonds is 5. The molecule has 2 aliphatic heterocycles. The van der Waals surface area contributed by atoms with Crippen LogP contribution in [0.15, 0.2) is 66.9 Å². The number of hydrogen-bond acceptors (Lipinski definition) is 5. The highest BCUT2D eigenvalue weighted by Crippen LogP contribution is 2.39. The first kappa shape index (κ1) is 26.1. The van der Waals surface area contributed by atoms with Crippen LogP contribution in [0, 0.1) is 0 Å². The van der Waals surface area contributed by atoms with Crippen molar-refractivity contribution in [2.24, 2.45) is 0 Å². The Bertz CT molecular complexity index is 1350. The van der Waals surface area contributed by atoms with Gasteiger partial charge >= 0.3 is 0 Å². The van der Waals surface area contributed by atoms with Crippen LogP contribution in [0.2, 0.25) is 10.0 Å². The number of benzene rings is 2. The van der Waals surface area contributed by atoms with Gasteiger partial charge in [0.15, 0.2) is 0 Å². The lowest BCUT2D eigenvalue weighted by molar-refractivity contribution is -0.131. The van der Waals surface area contributed by atoms with Crippen LogP contribution < -0.4 is 4.74 Å². The molecule has 0 atom stereocenters. The summed E-state index contributed by atoms with van der Waals surface area (Å²) in [5.41, 5.74) is 1.03. The Hall–Kier alpha value is -3.55. The molecule has 0 saturated carbocycles. The molecule has 9 heteroatoms. The first-order chi connectivity index (χ1) is 18.3. The predicted molar refractivity (Wildman–Crippen MR) is 147 cm³/mol. The van der Waals surface area contributed by atoms with Crippen molar-refractivity contribution in [3.63, 3.8) is 0 Å². The van der Waals surface area contributed by atoms with E-state index in [1.165, 1.54) is 18.3 Å². The standard InChI is InChI=1S/C29H27Cl2N3O4/c30-22-6-10-26(32-19-22)38-24-8-3-21(4-9-24)28(37)33-16-13-29(14-17-33)12-1-15-34(29)27(36)11-5-20-2-7-23(35)18-25(20)31/h2-11,18-19,35H,1,12-17H2/b11-5+. The quantitative estimate of drug-likeness (QED) is 0.382. The van der Waals surface area contributed by atoms with Crippen LogP contribution >= 0.6 is 23.2 Å². The fraction of sp³-hybridized carbons (Fsp3) is 0.276. The largest absolute Gasteiger partial charge is 0.508 e. The second-order valence-corrected chi connectivity index (χ2v) is 10.4. The van der Waals surface area contributed by atoms with Crippen LogP contribution in [0.4, 0.5) is 0 Å². The van der Waals surface area contributed by atoms with E-state index in [2.05, 4.69) is 4.98 Å². The van der Waals surface area contributed by atoms with Crippen molar-refractivity contribution in [2.45, 2.75) is 31.2 Å². The van der Waals surface area contributed by atoms with E-state index in [1.54, 1.807) is 54.6 Å². The number of aromatic nitrogens is 1. The van der Waals surface area contributed by atoms with Gasteiger partial charge in [-0.3, -0.25) is 9.59 Å². The molecule has 0 bridgehead atoms. The number of amides is 2. The third-order valence-electron chi connectivity index (χ3n) is 7.26. The van der Waals surface area contributed by atoms with Crippen LogP contribution in [0.1, 0.15) is 41.6 Å². The summed E-state index contributed by atoms with van der Waals surface area (Å²) < 4.78 is 5.71. The minimum absolute atomic E-state index is 0.0336. The first-order valence-electron chi connectivity index (χ1n) is 12.5. The molecule has 2 fully saturated rings. The minimum Gasteiger partial charge on any atom is -0.508 e. The van der Waals surface area contributed by atoms with Crippen molar-refractivity contribution in [3.8, 4) is 17.4 Å². The number of piperidine rings is 1. The summed E-state index contributed by atoms with van der Waals surface area (Å²) in [5, 5.41) is 10.5. The topological polar surface area (TPSA) is 83.0 Å². The molecule has 1 spiro atoms. The maximum absolute atomic E-state index is 13.2. The van der Waals surface area contributed by atoms with Gasteiger partial charge in [0.1, 0.15) is 11.5 Å². The fourth-order valence-corrected chi connectivity index (χ4v) is 5.57. The molecule has 5 rings (SSSR count). The molecule has 196 valence electrons. The Morgan fingerprint density at radius 3 is 2.42 bits per heavy atom. The lowest BCUT2D eigenvalue weighted by atomic mass is 9.84. The average Bonchev–Trinajstić information content (AvgIpc) is 3.32. The molecular weight excluding hydrogens is 525 g/mol. The van der Waals surface area contributed by atoms with Gasteiger partial charge in [0.05, 0.1) is 10.0 Å². The summed E-state index contributed by atoms with van der Waals surface area (Å²) >= 11 is 12.0. The van der Waals surface area contributed by atoms with Gasteiger partial charge in [-0.2, -0.15) is 0 Å². The average molecular weight is 552 g/mol. The van der Waals surface area contributed by atoms with Gasteiger partial charge in [-0.05, 0) is 85.9 Å². The van der Waals surface area contributed by atoms with Crippen LogP contribution in [0.3, 0.4) is 0 Å². The predicted octanol–water partition coefficient (Wildman–Crippen LogP) is 6.20. The second-order valence-electron chi connectivity index (χ2n) is 9.59. The van der Waals surface area contributed by atoms with E-state index in [0.717, 1.165) is 25.7 Å². The molecule has 2 aliphatic rings. The Morgan fingerprint density at radius 2 is 1.74 bits per heavy atom. The molecule has 2 aromatic carbocycles. The SMILES string of the molecule is O=C(c1ccc(Oc2ccc(Cl)cn2)cc1)N1CCC2(CCCN2C(=O)/C=C/c2ccc(O)cc2Cl)CC1. The molecule has 2 saturated heterocycles. The van der Waals surface area contributed by atoms with E-state index in [1.807, 2.05) is 9.80 Å². The number of phenols is 1. The number of phenolic OH excluding ortho intramolecular Hbond substituents is 1. The molecule has 2 amide bonds. The zero-order chi connectivity index (χ0) is 26.7. The number of carbonyl (C=O) groups excluding carboxylic acids is 2. The number of aromatic hydroxyl groups is 1. The summed E-state index contributed by atoms with van der Waals surface area (Å²) in [5.74, 6) is 0.992. The summed E-state index contributed by atoms with van der Waals surface area (Å²) in [6.45, 7) is 1.87. The van der Waals surface area contributed by atoms with Gasteiger partial charge in [-0.25, -0.2) is 4.98 Å². The zero-order valence-corrected chi connectivity index (χ0v) is 22.2. The lowest BCUT2D eigenvalue weighted by Crippen LogP contribution is -2.54. The minimum atomic E-state index is -0.236. The van der Waals surface area contributed by atoms with E-state index >= 15 is 0 Å². The molecule has 0 unspecified atom stereocenters. The van der Waals surface area contributed by atoms with Crippen LogP contribution in [-0.4, -0.2) is 56.9 Å². The molecule has 7 nitrogen and oxygen atoms in total. The molecular formula is C29H27Cl2N3O4. The monoisotopic (exact) mass is 551 g/mol. The highest BCUT2D eigenvalue weighted by molar-refractivity contribution is 6.32. The van der Waals surface area contributed by atoms with Crippen molar-refractivity contribution in [1.82, 2.24) is 14.8 Å². The Labute approximate surface area is 231 Å². The summed E-state index contributed by atoms with van der Waals surface area (Å²) in [6.07, 6.45) is 8.09. The van der Waals surface area contributed by atoms with Crippen LogP contribution in [0.25, 0.3) is 6.08 Å². The zero-order valence-electron chi connectivity index (χ0n) is 20.6. The number of hydrogen-bond donors (Lipinski definition) is 1. The maximum Gasteiger partial charge on any atom is 0.253 e.